The third kappa shape index (κ3) is 2.69. The minimum absolute atomic E-state index is 0.237. The Morgan fingerprint density at radius 1 is 1.33 bits per heavy atom. The first-order valence-electron chi connectivity index (χ1n) is 7.57. The first-order valence-corrected chi connectivity index (χ1v) is 7.57. The quantitative estimate of drug-likeness (QED) is 0.940. The average Bonchev–Trinajstić information content (AvgIpc) is 2.75. The van der Waals surface area contributed by atoms with Crippen LogP contribution in [0.5, 0.6) is 5.75 Å². The second-order valence-electron chi connectivity index (χ2n) is 6.18. The van der Waals surface area contributed by atoms with Gasteiger partial charge in [0.25, 0.3) is 0 Å². The molecule has 0 atom stereocenters. The summed E-state index contributed by atoms with van der Waals surface area (Å²) < 4.78 is 20.8. The summed E-state index contributed by atoms with van der Waals surface area (Å²) in [4.78, 5) is 4.27. The van der Waals surface area contributed by atoms with Crippen molar-refractivity contribution in [1.29, 1.82) is 0 Å². The number of nitrogens with zero attached hydrogens (tertiary/aromatic N) is 2. The molecule has 1 saturated carbocycles. The summed E-state index contributed by atoms with van der Waals surface area (Å²) in [7, 11) is 1.47. The van der Waals surface area contributed by atoms with Gasteiger partial charge < -0.3 is 15.0 Å². The van der Waals surface area contributed by atoms with Crippen LogP contribution in [-0.2, 0) is 6.54 Å². The Bertz CT molecular complexity index is 644. The van der Waals surface area contributed by atoms with Gasteiger partial charge in [0.2, 0.25) is 5.95 Å². The van der Waals surface area contributed by atoms with Gasteiger partial charge in [-0.1, -0.05) is 19.8 Å². The lowest BCUT2D eigenvalue weighted by atomic mass is 9.83. The highest BCUT2D eigenvalue weighted by Crippen LogP contribution is 2.32. The number of anilines is 1. The molecule has 0 amide bonds. The molecule has 1 fully saturated rings. The molecular weight excluding hydrogens is 269 g/mol. The SMILES string of the molecule is COc1cc2c(cc1F)nc(N)n2CC1CCC(C)CC1. The zero-order valence-corrected chi connectivity index (χ0v) is 12.6. The standard InChI is InChI=1S/C16H22FN3O/c1-10-3-5-11(6-4-10)9-20-14-8-15(21-2)12(17)7-13(14)19-16(20)18/h7-8,10-11H,3-6,9H2,1-2H3,(H2,18,19). The van der Waals surface area contributed by atoms with E-state index in [4.69, 9.17) is 10.5 Å². The Morgan fingerprint density at radius 3 is 2.71 bits per heavy atom. The lowest BCUT2D eigenvalue weighted by molar-refractivity contribution is 0.267. The molecule has 0 aliphatic heterocycles. The number of ether oxygens (including phenoxy) is 1. The van der Waals surface area contributed by atoms with E-state index in [-0.39, 0.29) is 5.75 Å². The number of hydrogen-bond acceptors (Lipinski definition) is 3. The predicted octanol–water partition coefficient (Wildman–Crippen LogP) is 3.59. The minimum Gasteiger partial charge on any atom is -0.494 e. The number of benzene rings is 1. The Morgan fingerprint density at radius 2 is 2.05 bits per heavy atom. The minimum atomic E-state index is -0.402. The summed E-state index contributed by atoms with van der Waals surface area (Å²) in [6.07, 6.45) is 4.99. The Hall–Kier alpha value is -1.78. The molecule has 0 unspecified atom stereocenters. The molecule has 0 spiro atoms. The number of methoxy groups -OCH3 is 1. The van der Waals surface area contributed by atoms with Crippen LogP contribution in [-0.4, -0.2) is 16.7 Å². The van der Waals surface area contributed by atoms with Gasteiger partial charge in [-0.15, -0.1) is 0 Å². The van der Waals surface area contributed by atoms with Crippen molar-refractivity contribution >= 4 is 17.0 Å². The van der Waals surface area contributed by atoms with Gasteiger partial charge in [0.15, 0.2) is 11.6 Å². The third-order valence-corrected chi connectivity index (χ3v) is 4.63. The van der Waals surface area contributed by atoms with Crippen LogP contribution in [0.3, 0.4) is 0 Å². The Balaban J connectivity index is 1.92. The molecule has 1 aromatic heterocycles. The molecule has 0 bridgehead atoms. The fourth-order valence-electron chi connectivity index (χ4n) is 3.26. The number of nitrogen functional groups attached to an aromatic ring is 1. The van der Waals surface area contributed by atoms with Gasteiger partial charge in [-0.3, -0.25) is 0 Å². The monoisotopic (exact) mass is 291 g/mol. The van der Waals surface area contributed by atoms with Crippen molar-refractivity contribution in [1.82, 2.24) is 9.55 Å². The molecule has 1 aromatic carbocycles. The van der Waals surface area contributed by atoms with Crippen molar-refractivity contribution in [3.63, 3.8) is 0 Å². The normalized spacial score (nSPS) is 22.6. The van der Waals surface area contributed by atoms with E-state index in [0.717, 1.165) is 18.0 Å². The number of aromatic nitrogens is 2. The van der Waals surface area contributed by atoms with Crippen LogP contribution in [0.2, 0.25) is 0 Å². The lowest BCUT2D eigenvalue weighted by Crippen LogP contribution is -2.18. The van der Waals surface area contributed by atoms with E-state index in [9.17, 15) is 4.39 Å². The zero-order valence-electron chi connectivity index (χ0n) is 12.6. The van der Waals surface area contributed by atoms with Gasteiger partial charge in [0, 0.05) is 18.7 Å². The van der Waals surface area contributed by atoms with Crippen LogP contribution in [0.1, 0.15) is 32.6 Å². The van der Waals surface area contributed by atoms with E-state index >= 15 is 0 Å². The molecule has 5 heteroatoms. The highest BCUT2D eigenvalue weighted by Gasteiger charge is 2.21. The van der Waals surface area contributed by atoms with Crippen molar-refractivity contribution in [2.24, 2.45) is 11.8 Å². The molecule has 21 heavy (non-hydrogen) atoms. The number of fused-ring (bicyclic) bond motifs is 1. The fraction of sp³-hybridized carbons (Fsp3) is 0.562. The van der Waals surface area contributed by atoms with Crippen LogP contribution in [0.15, 0.2) is 12.1 Å². The zero-order chi connectivity index (χ0) is 15.0. The van der Waals surface area contributed by atoms with Crippen molar-refractivity contribution < 1.29 is 9.13 Å². The second-order valence-corrected chi connectivity index (χ2v) is 6.18. The van der Waals surface area contributed by atoms with Crippen LogP contribution in [0, 0.1) is 17.7 Å². The largest absolute Gasteiger partial charge is 0.494 e. The van der Waals surface area contributed by atoms with E-state index in [1.807, 2.05) is 4.57 Å². The van der Waals surface area contributed by atoms with Gasteiger partial charge in [0.1, 0.15) is 0 Å². The first-order chi connectivity index (χ1) is 10.1. The van der Waals surface area contributed by atoms with Crippen LogP contribution in [0.25, 0.3) is 11.0 Å². The maximum atomic E-state index is 13.7. The molecule has 2 aromatic rings. The number of imidazole rings is 1. The van der Waals surface area contributed by atoms with Gasteiger partial charge in [-0.25, -0.2) is 9.37 Å². The number of nitrogens with two attached hydrogens (primary N) is 1. The van der Waals surface area contributed by atoms with E-state index < -0.39 is 5.82 Å². The molecule has 2 N–H and O–H groups in total. The number of hydrogen-bond donors (Lipinski definition) is 1. The molecule has 114 valence electrons. The number of halogens is 1. The van der Waals surface area contributed by atoms with E-state index in [0.29, 0.717) is 17.4 Å². The summed E-state index contributed by atoms with van der Waals surface area (Å²) in [5.41, 5.74) is 7.47. The highest BCUT2D eigenvalue weighted by molar-refractivity contribution is 5.80. The van der Waals surface area contributed by atoms with E-state index in [1.165, 1.54) is 38.9 Å². The summed E-state index contributed by atoms with van der Waals surface area (Å²) in [6, 6.07) is 3.09. The highest BCUT2D eigenvalue weighted by atomic mass is 19.1. The van der Waals surface area contributed by atoms with Crippen molar-refractivity contribution in [2.75, 3.05) is 12.8 Å². The molecule has 4 nitrogen and oxygen atoms in total. The maximum Gasteiger partial charge on any atom is 0.201 e. The van der Waals surface area contributed by atoms with Crippen LogP contribution >= 0.6 is 0 Å². The number of rotatable bonds is 3. The summed E-state index contributed by atoms with van der Waals surface area (Å²) in [6.45, 7) is 3.16. The van der Waals surface area contributed by atoms with E-state index in [1.54, 1.807) is 6.07 Å². The average molecular weight is 291 g/mol. The van der Waals surface area contributed by atoms with Gasteiger partial charge >= 0.3 is 0 Å². The Labute approximate surface area is 124 Å². The van der Waals surface area contributed by atoms with Crippen LogP contribution in [0.4, 0.5) is 10.3 Å². The first kappa shape index (κ1) is 14.2. The van der Waals surface area contributed by atoms with Gasteiger partial charge in [-0.2, -0.15) is 0 Å². The van der Waals surface area contributed by atoms with Crippen molar-refractivity contribution in [2.45, 2.75) is 39.2 Å². The third-order valence-electron chi connectivity index (χ3n) is 4.63. The lowest BCUT2D eigenvalue weighted by Gasteiger charge is -2.26. The molecular formula is C16H22FN3O. The second kappa shape index (κ2) is 5.54. The summed E-state index contributed by atoms with van der Waals surface area (Å²) >= 11 is 0. The van der Waals surface area contributed by atoms with E-state index in [2.05, 4.69) is 11.9 Å². The molecule has 0 radical (unpaired) electrons. The maximum absolute atomic E-state index is 13.7. The fourth-order valence-corrected chi connectivity index (χ4v) is 3.26. The summed E-state index contributed by atoms with van der Waals surface area (Å²) in [5, 5.41) is 0. The smallest absolute Gasteiger partial charge is 0.201 e. The predicted molar refractivity (Wildman–Crippen MR) is 81.8 cm³/mol. The van der Waals surface area contributed by atoms with Crippen LogP contribution < -0.4 is 10.5 Å². The summed E-state index contributed by atoms with van der Waals surface area (Å²) in [5.74, 6) is 1.74. The topological polar surface area (TPSA) is 53.1 Å². The molecule has 0 saturated heterocycles. The molecule has 1 aliphatic rings. The van der Waals surface area contributed by atoms with Crippen molar-refractivity contribution in [3.8, 4) is 5.75 Å². The van der Waals surface area contributed by atoms with Crippen molar-refractivity contribution in [3.05, 3.63) is 17.9 Å². The molecule has 1 aliphatic carbocycles. The van der Waals surface area contributed by atoms with Gasteiger partial charge in [-0.05, 0) is 24.7 Å². The van der Waals surface area contributed by atoms with Gasteiger partial charge in [0.05, 0.1) is 18.1 Å². The molecule has 3 rings (SSSR count). The Kier molecular flexibility index (Phi) is 3.74. The molecule has 1 heterocycles.